The summed E-state index contributed by atoms with van der Waals surface area (Å²) in [7, 11) is 0. The molecule has 1 aromatic heterocycles. The van der Waals surface area contributed by atoms with Crippen LogP contribution in [-0.2, 0) is 5.41 Å². The molecule has 0 aliphatic rings. The molecule has 0 amide bonds. The number of rotatable bonds is 9. The lowest BCUT2D eigenvalue weighted by Crippen LogP contribution is -2.21. The van der Waals surface area contributed by atoms with Gasteiger partial charge < -0.3 is 0 Å². The molecule has 0 N–H and O–H groups in total. The van der Waals surface area contributed by atoms with E-state index in [-0.39, 0.29) is 10.4 Å². The molecule has 0 radical (unpaired) electrons. The summed E-state index contributed by atoms with van der Waals surface area (Å²) in [6, 6.07) is 0. The largest absolute Gasteiger partial charge is 0.243 e. The number of aromatic nitrogens is 1. The summed E-state index contributed by atoms with van der Waals surface area (Å²) in [5, 5.41) is 0.249. The van der Waals surface area contributed by atoms with Gasteiger partial charge in [-0.2, -0.15) is 8.76 Å². The molecule has 1 heterocycles. The van der Waals surface area contributed by atoms with Crippen LogP contribution in [0.4, 0.5) is 4.39 Å². The fourth-order valence-electron chi connectivity index (χ4n) is 2.50. The molecule has 0 aliphatic heterocycles. The van der Waals surface area contributed by atoms with Gasteiger partial charge in [-0.1, -0.05) is 70.9 Å². The smallest absolute Gasteiger partial charge is 0.182 e. The van der Waals surface area contributed by atoms with Crippen LogP contribution < -0.4 is 0 Å². The third-order valence-corrected chi connectivity index (χ3v) is 5.40. The lowest BCUT2D eigenvalue weighted by atomic mass is 9.78. The Bertz CT molecular complexity index is 380. The second-order valence-corrected chi connectivity index (χ2v) is 6.74. The van der Waals surface area contributed by atoms with E-state index in [9.17, 15) is 4.39 Å². The normalized spacial score (nSPS) is 14.6. The van der Waals surface area contributed by atoms with Gasteiger partial charge in [-0.05, 0) is 24.4 Å². The molecular formula is C15H25ClFNS. The first-order valence-electron chi connectivity index (χ1n) is 7.36. The molecule has 0 spiro atoms. The van der Waals surface area contributed by atoms with Gasteiger partial charge >= 0.3 is 0 Å². The Morgan fingerprint density at radius 1 is 1.11 bits per heavy atom. The number of halogens is 2. The summed E-state index contributed by atoms with van der Waals surface area (Å²) in [5.74, 6) is -0.502. The van der Waals surface area contributed by atoms with Crippen LogP contribution in [-0.4, -0.2) is 4.37 Å². The highest BCUT2D eigenvalue weighted by atomic mass is 35.5. The van der Waals surface area contributed by atoms with Gasteiger partial charge in [0.05, 0.1) is 4.88 Å². The second kappa shape index (κ2) is 8.21. The molecule has 0 bridgehead atoms. The van der Waals surface area contributed by atoms with Crippen LogP contribution in [0.5, 0.6) is 0 Å². The van der Waals surface area contributed by atoms with E-state index in [2.05, 4.69) is 25.1 Å². The Labute approximate surface area is 125 Å². The van der Waals surface area contributed by atoms with Crippen molar-refractivity contribution in [1.82, 2.24) is 4.37 Å². The van der Waals surface area contributed by atoms with E-state index in [1.54, 1.807) is 0 Å². The summed E-state index contributed by atoms with van der Waals surface area (Å²) < 4.78 is 17.2. The third-order valence-electron chi connectivity index (χ3n) is 3.81. The first-order chi connectivity index (χ1) is 9.05. The Kier molecular flexibility index (Phi) is 7.30. The number of hydrogen-bond donors (Lipinski definition) is 0. The average molecular weight is 306 g/mol. The molecule has 110 valence electrons. The SMILES string of the molecule is CCCCCCC(C)(CCCC)c1snc(F)c1Cl. The van der Waals surface area contributed by atoms with Crippen molar-refractivity contribution < 1.29 is 4.39 Å². The van der Waals surface area contributed by atoms with Gasteiger partial charge in [-0.25, -0.2) is 0 Å². The van der Waals surface area contributed by atoms with Crippen molar-refractivity contribution in [3.63, 3.8) is 0 Å². The molecule has 4 heteroatoms. The highest BCUT2D eigenvalue weighted by molar-refractivity contribution is 7.06. The first kappa shape index (κ1) is 16.9. The van der Waals surface area contributed by atoms with Gasteiger partial charge in [0.15, 0.2) is 0 Å². The van der Waals surface area contributed by atoms with Gasteiger partial charge in [-0.3, -0.25) is 0 Å². The van der Waals surface area contributed by atoms with Crippen molar-refractivity contribution in [3.8, 4) is 0 Å². The fourth-order valence-corrected chi connectivity index (χ4v) is 3.77. The van der Waals surface area contributed by atoms with E-state index in [4.69, 9.17) is 11.6 Å². The summed E-state index contributed by atoms with van der Waals surface area (Å²) in [5.41, 5.74) is -0.0111. The van der Waals surface area contributed by atoms with E-state index in [0.29, 0.717) is 0 Å². The van der Waals surface area contributed by atoms with E-state index in [0.717, 1.165) is 30.6 Å². The summed E-state index contributed by atoms with van der Waals surface area (Å²) in [6.07, 6.45) is 9.40. The molecule has 0 aliphatic carbocycles. The minimum atomic E-state index is -0.502. The van der Waals surface area contributed by atoms with Gasteiger partial charge in [-0.15, -0.1) is 0 Å². The van der Waals surface area contributed by atoms with Crippen LogP contribution in [0, 0.1) is 5.95 Å². The zero-order valence-electron chi connectivity index (χ0n) is 12.3. The number of nitrogens with zero attached hydrogens (tertiary/aromatic N) is 1. The van der Waals surface area contributed by atoms with E-state index < -0.39 is 5.95 Å². The Morgan fingerprint density at radius 2 is 1.74 bits per heavy atom. The lowest BCUT2D eigenvalue weighted by Gasteiger charge is -2.28. The van der Waals surface area contributed by atoms with Crippen molar-refractivity contribution in [1.29, 1.82) is 0 Å². The second-order valence-electron chi connectivity index (χ2n) is 5.59. The molecule has 1 unspecified atom stereocenters. The zero-order chi connectivity index (χ0) is 14.3. The molecule has 0 fully saturated rings. The predicted molar refractivity (Wildman–Crippen MR) is 82.7 cm³/mol. The van der Waals surface area contributed by atoms with Crippen molar-refractivity contribution >= 4 is 23.1 Å². The minimum Gasteiger partial charge on any atom is -0.182 e. The maximum atomic E-state index is 13.4. The molecule has 0 aromatic carbocycles. The van der Waals surface area contributed by atoms with Crippen LogP contribution in [0.2, 0.25) is 5.02 Å². The summed E-state index contributed by atoms with van der Waals surface area (Å²) in [6.45, 7) is 6.62. The fraction of sp³-hybridized carbons (Fsp3) is 0.800. The molecule has 1 nitrogen and oxygen atoms in total. The maximum absolute atomic E-state index is 13.4. The monoisotopic (exact) mass is 305 g/mol. The van der Waals surface area contributed by atoms with E-state index in [1.165, 1.54) is 37.2 Å². The Hall–Kier alpha value is -0.150. The molecule has 1 atom stereocenters. The molecule has 19 heavy (non-hydrogen) atoms. The standard InChI is InChI=1S/C15H25ClFNS/c1-4-6-8-9-11-15(3,10-7-5-2)13-12(16)14(17)18-19-13/h4-11H2,1-3H3. The van der Waals surface area contributed by atoms with Gasteiger partial charge in [0, 0.05) is 5.41 Å². The van der Waals surface area contributed by atoms with Crippen LogP contribution in [0.25, 0.3) is 0 Å². The van der Waals surface area contributed by atoms with Crippen molar-refractivity contribution in [2.45, 2.75) is 77.6 Å². The molecule has 1 rings (SSSR count). The first-order valence-corrected chi connectivity index (χ1v) is 8.51. The van der Waals surface area contributed by atoms with E-state index in [1.807, 2.05) is 0 Å². The minimum absolute atomic E-state index is 0.0111. The van der Waals surface area contributed by atoms with Crippen molar-refractivity contribution in [2.75, 3.05) is 0 Å². The van der Waals surface area contributed by atoms with E-state index >= 15 is 0 Å². The zero-order valence-corrected chi connectivity index (χ0v) is 13.8. The average Bonchev–Trinajstić information content (AvgIpc) is 2.73. The number of unbranched alkanes of at least 4 members (excludes halogenated alkanes) is 4. The highest BCUT2D eigenvalue weighted by Crippen LogP contribution is 2.42. The van der Waals surface area contributed by atoms with Crippen molar-refractivity contribution in [3.05, 3.63) is 15.8 Å². The predicted octanol–water partition coefficient (Wildman–Crippen LogP) is 6.35. The number of hydrogen-bond acceptors (Lipinski definition) is 2. The van der Waals surface area contributed by atoms with Gasteiger partial charge in [0.2, 0.25) is 5.95 Å². The topological polar surface area (TPSA) is 12.9 Å². The summed E-state index contributed by atoms with van der Waals surface area (Å²) >= 11 is 7.33. The van der Waals surface area contributed by atoms with Crippen LogP contribution in [0.3, 0.4) is 0 Å². The van der Waals surface area contributed by atoms with Crippen LogP contribution >= 0.6 is 23.1 Å². The Morgan fingerprint density at radius 3 is 2.26 bits per heavy atom. The van der Waals surface area contributed by atoms with Gasteiger partial charge in [0.25, 0.3) is 0 Å². The maximum Gasteiger partial charge on any atom is 0.243 e. The molecule has 0 saturated carbocycles. The quantitative estimate of drug-likeness (QED) is 0.484. The molecular weight excluding hydrogens is 281 g/mol. The van der Waals surface area contributed by atoms with Crippen molar-refractivity contribution in [2.24, 2.45) is 0 Å². The van der Waals surface area contributed by atoms with Gasteiger partial charge in [0.1, 0.15) is 5.02 Å². The molecule has 0 saturated heterocycles. The third kappa shape index (κ3) is 4.71. The summed E-state index contributed by atoms with van der Waals surface area (Å²) in [4.78, 5) is 0.941. The highest BCUT2D eigenvalue weighted by Gasteiger charge is 2.31. The molecule has 1 aromatic rings. The van der Waals surface area contributed by atoms with Crippen LogP contribution in [0.15, 0.2) is 0 Å². The Balaban J connectivity index is 2.77. The lowest BCUT2D eigenvalue weighted by molar-refractivity contribution is 0.375. The van der Waals surface area contributed by atoms with Crippen LogP contribution in [0.1, 0.15) is 77.0 Å².